The molecule has 3 aromatic rings. The molecule has 0 atom stereocenters. The summed E-state index contributed by atoms with van der Waals surface area (Å²) in [4.78, 5) is 29.2. The molecule has 3 N–H and O–H groups in total. The van der Waals surface area contributed by atoms with Crippen LogP contribution in [0.3, 0.4) is 0 Å². The van der Waals surface area contributed by atoms with E-state index in [1.165, 1.54) is 18.2 Å². The molecule has 0 bridgehead atoms. The maximum atomic E-state index is 13.4. The number of phenolic OH excluding ortho intramolecular Hbond substituents is 2. The maximum Gasteiger partial charge on any atom is 0.341 e. The molecular weight excluding hydrogens is 653 g/mol. The predicted octanol–water partition coefficient (Wildman–Crippen LogP) is 8.02. The summed E-state index contributed by atoms with van der Waals surface area (Å²) in [5.41, 5.74) is 6.01. The van der Waals surface area contributed by atoms with E-state index in [-0.39, 0.29) is 82.5 Å². The Morgan fingerprint density at radius 1 is 0.950 bits per heavy atom. The topological polar surface area (TPSA) is 154 Å². The number of aromatic hydroxyl groups is 2. The second kappa shape index (κ2) is 10.5. The van der Waals surface area contributed by atoms with Gasteiger partial charge in [0.15, 0.2) is 28.6 Å². The fourth-order valence-corrected chi connectivity index (χ4v) is 6.22. The van der Waals surface area contributed by atoms with Crippen molar-refractivity contribution in [1.29, 1.82) is 0 Å². The van der Waals surface area contributed by atoms with Crippen LogP contribution in [0.1, 0.15) is 43.8 Å². The summed E-state index contributed by atoms with van der Waals surface area (Å²) >= 11 is 38.7. The number of esters is 1. The molecule has 5 rings (SSSR count). The van der Waals surface area contributed by atoms with E-state index in [0.717, 1.165) is 0 Å². The number of halogens is 6. The number of azide groups is 1. The van der Waals surface area contributed by atoms with Crippen LogP contribution in [0.2, 0.25) is 30.1 Å². The molecule has 1 spiro atoms. The van der Waals surface area contributed by atoms with E-state index >= 15 is 0 Å². The molecule has 0 saturated heterocycles. The Labute approximate surface area is 254 Å². The number of fused-ring (bicyclic) bond motifs is 6. The number of ether oxygens (including phenoxy) is 2. The van der Waals surface area contributed by atoms with E-state index in [0.29, 0.717) is 6.42 Å². The number of carbonyl (C=O) groups is 2. The second-order valence-corrected chi connectivity index (χ2v) is 10.9. The normalized spacial score (nSPS) is 14.0. The van der Waals surface area contributed by atoms with Crippen LogP contribution >= 0.6 is 69.6 Å². The molecule has 206 valence electrons. The summed E-state index contributed by atoms with van der Waals surface area (Å²) in [6.07, 6.45) is 0.344. The van der Waals surface area contributed by atoms with E-state index in [1.807, 2.05) is 0 Å². The Morgan fingerprint density at radius 2 is 1.52 bits per heavy atom. The zero-order valence-corrected chi connectivity index (χ0v) is 24.0. The molecule has 0 unspecified atom stereocenters. The van der Waals surface area contributed by atoms with Crippen LogP contribution in [0.5, 0.6) is 23.0 Å². The van der Waals surface area contributed by atoms with Gasteiger partial charge >= 0.3 is 5.97 Å². The number of rotatable bonds is 5. The van der Waals surface area contributed by atoms with E-state index in [2.05, 4.69) is 15.3 Å². The highest BCUT2D eigenvalue weighted by atomic mass is 35.5. The number of hydrogen-bond donors (Lipinski definition) is 3. The van der Waals surface area contributed by atoms with Crippen molar-refractivity contribution in [3.05, 3.63) is 86.6 Å². The zero-order chi connectivity index (χ0) is 29.1. The van der Waals surface area contributed by atoms with Crippen LogP contribution < -0.4 is 10.1 Å². The van der Waals surface area contributed by atoms with Crippen molar-refractivity contribution in [1.82, 2.24) is 5.32 Å². The van der Waals surface area contributed by atoms with Crippen LogP contribution in [0.15, 0.2) is 23.3 Å². The number of hydrogen-bond acceptors (Lipinski definition) is 7. The molecule has 0 aliphatic carbocycles. The summed E-state index contributed by atoms with van der Waals surface area (Å²) in [5, 5.41) is 25.3. The van der Waals surface area contributed by atoms with Crippen molar-refractivity contribution in [3.63, 3.8) is 0 Å². The van der Waals surface area contributed by atoms with Crippen molar-refractivity contribution >= 4 is 81.5 Å². The number of carbonyl (C=O) groups excluding carboxylic acids is 2. The van der Waals surface area contributed by atoms with Gasteiger partial charge in [-0.3, -0.25) is 4.79 Å². The molecule has 0 saturated carbocycles. The molecule has 2 heterocycles. The van der Waals surface area contributed by atoms with Gasteiger partial charge in [0.1, 0.15) is 10.0 Å². The molecule has 2 aliphatic heterocycles. The van der Waals surface area contributed by atoms with Gasteiger partial charge in [-0.1, -0.05) is 74.7 Å². The fraction of sp³-hybridized carbons (Fsp3) is 0.167. The molecule has 10 nitrogen and oxygen atoms in total. The molecular formula is C24H12Cl6N4O6. The highest BCUT2D eigenvalue weighted by molar-refractivity contribution is 6.41. The van der Waals surface area contributed by atoms with E-state index in [1.54, 1.807) is 0 Å². The maximum absolute atomic E-state index is 13.4. The summed E-state index contributed by atoms with van der Waals surface area (Å²) in [6, 6.07) is 3.69. The SMILES string of the molecule is [N-]=[N+]=NCCCNC(=O)c1cc(Cl)c2c(c1Cl)C1(OC2=O)c2cc(Cl)c(O)c(Cl)c2Oc2c1cc(Cl)c(O)c2Cl. The average Bonchev–Trinajstić information content (AvgIpc) is 3.23. The number of nitrogens with one attached hydrogen (secondary N) is 1. The van der Waals surface area contributed by atoms with Gasteiger partial charge in [0.05, 0.1) is 42.3 Å². The first-order chi connectivity index (χ1) is 18.9. The van der Waals surface area contributed by atoms with Gasteiger partial charge in [0.25, 0.3) is 5.91 Å². The van der Waals surface area contributed by atoms with Crippen LogP contribution in [-0.4, -0.2) is 35.2 Å². The number of nitrogens with zero attached hydrogens (tertiary/aromatic N) is 3. The third kappa shape index (κ3) is 4.14. The van der Waals surface area contributed by atoms with Crippen molar-refractivity contribution in [3.8, 4) is 23.0 Å². The van der Waals surface area contributed by atoms with Crippen molar-refractivity contribution in [2.24, 2.45) is 5.11 Å². The van der Waals surface area contributed by atoms with Crippen molar-refractivity contribution in [2.75, 3.05) is 13.1 Å². The standard InChI is InChI=1S/C24H12Cl6N4O6/c25-10-4-7(22(37)32-2-1-3-33-34-31)15(28)14-13(10)23(38)40-24(14)8-5-11(26)18(35)16(29)20(8)39-21-9(24)6-12(27)19(36)17(21)30/h4-6,35-36H,1-3H2,(H,32,37). The van der Waals surface area contributed by atoms with Crippen LogP contribution in [-0.2, 0) is 10.3 Å². The van der Waals surface area contributed by atoms with Gasteiger partial charge in [-0.2, -0.15) is 0 Å². The Balaban J connectivity index is 1.82. The third-order valence-corrected chi connectivity index (χ3v) is 8.28. The van der Waals surface area contributed by atoms with Crippen molar-refractivity contribution < 1.29 is 29.3 Å². The quantitative estimate of drug-likeness (QED) is 0.0825. The van der Waals surface area contributed by atoms with Gasteiger partial charge in [-0.25, -0.2) is 4.79 Å². The molecule has 40 heavy (non-hydrogen) atoms. The lowest BCUT2D eigenvalue weighted by molar-refractivity contribution is 0.0224. The Morgan fingerprint density at radius 3 is 2.08 bits per heavy atom. The Bertz CT molecular complexity index is 1650. The number of phenols is 2. The molecule has 3 aromatic carbocycles. The van der Waals surface area contributed by atoms with Gasteiger partial charge in [0, 0.05) is 23.6 Å². The Hall–Kier alpha value is -2.95. The lowest BCUT2D eigenvalue weighted by atomic mass is 9.77. The van der Waals surface area contributed by atoms with Crippen LogP contribution in [0.25, 0.3) is 10.4 Å². The van der Waals surface area contributed by atoms with Crippen LogP contribution in [0, 0.1) is 0 Å². The lowest BCUT2D eigenvalue weighted by Crippen LogP contribution is -2.34. The van der Waals surface area contributed by atoms with Crippen molar-refractivity contribution in [2.45, 2.75) is 12.0 Å². The molecule has 2 aliphatic rings. The van der Waals surface area contributed by atoms with E-state index in [4.69, 9.17) is 84.6 Å². The zero-order valence-electron chi connectivity index (χ0n) is 19.5. The lowest BCUT2D eigenvalue weighted by Gasteiger charge is -2.38. The number of amides is 1. The van der Waals surface area contributed by atoms with Gasteiger partial charge in [0.2, 0.25) is 0 Å². The van der Waals surface area contributed by atoms with Crippen LogP contribution in [0.4, 0.5) is 0 Å². The smallest absolute Gasteiger partial charge is 0.341 e. The fourth-order valence-electron chi connectivity index (χ4n) is 4.59. The Kier molecular flexibility index (Phi) is 7.48. The average molecular weight is 665 g/mol. The predicted molar refractivity (Wildman–Crippen MR) is 149 cm³/mol. The first-order valence-electron chi connectivity index (χ1n) is 11.1. The third-order valence-electron chi connectivity index (χ3n) is 6.31. The second-order valence-electron chi connectivity index (χ2n) is 8.50. The van der Waals surface area contributed by atoms with E-state index < -0.39 is 29.0 Å². The highest BCUT2D eigenvalue weighted by Crippen LogP contribution is 2.64. The molecule has 0 radical (unpaired) electrons. The summed E-state index contributed by atoms with van der Waals surface area (Å²) in [7, 11) is 0. The monoisotopic (exact) mass is 662 g/mol. The van der Waals surface area contributed by atoms with Gasteiger partial charge < -0.3 is 25.0 Å². The highest BCUT2D eigenvalue weighted by Gasteiger charge is 2.57. The summed E-state index contributed by atoms with van der Waals surface area (Å²) in [5.74, 6) is -3.11. The first-order valence-corrected chi connectivity index (χ1v) is 13.4. The summed E-state index contributed by atoms with van der Waals surface area (Å²) < 4.78 is 11.9. The molecule has 16 heteroatoms. The minimum atomic E-state index is -2.05. The molecule has 0 fully saturated rings. The minimum absolute atomic E-state index is 0.00242. The minimum Gasteiger partial charge on any atom is -0.505 e. The van der Waals surface area contributed by atoms with E-state index in [9.17, 15) is 19.8 Å². The largest absolute Gasteiger partial charge is 0.505 e. The molecule has 1 amide bonds. The van der Waals surface area contributed by atoms with Gasteiger partial charge in [-0.15, -0.1) is 0 Å². The molecule has 0 aromatic heterocycles. The first kappa shape index (κ1) is 28.6. The number of benzene rings is 3. The summed E-state index contributed by atoms with van der Waals surface area (Å²) in [6.45, 7) is 0.287. The van der Waals surface area contributed by atoms with Gasteiger partial charge in [-0.05, 0) is 30.2 Å².